The molecule has 0 fully saturated rings. The number of thiophene rings is 1. The van der Waals surface area contributed by atoms with Gasteiger partial charge >= 0.3 is 0 Å². The maximum atomic E-state index is 6.37. The van der Waals surface area contributed by atoms with Crippen LogP contribution < -0.4 is 0 Å². The van der Waals surface area contributed by atoms with Gasteiger partial charge in [-0.05, 0) is 42.5 Å². The van der Waals surface area contributed by atoms with Gasteiger partial charge in [-0.1, -0.05) is 103 Å². The summed E-state index contributed by atoms with van der Waals surface area (Å²) in [4.78, 5) is 0. The zero-order chi connectivity index (χ0) is 29.9. The topological polar surface area (TPSA) is 23.0 Å². The molecule has 0 aliphatic heterocycles. The lowest BCUT2D eigenvalue weighted by atomic mass is 10.1. The highest BCUT2D eigenvalue weighted by Gasteiger charge is 2.23. The first kappa shape index (κ1) is 24.5. The fourth-order valence-electron chi connectivity index (χ4n) is 7.83. The minimum Gasteiger partial charge on any atom is -0.456 e. The molecule has 0 atom stereocenters. The Morgan fingerprint density at radius 1 is 0.391 bits per heavy atom. The molecule has 7 aromatic carbocycles. The Labute approximate surface area is 266 Å². The van der Waals surface area contributed by atoms with Crippen molar-refractivity contribution in [3.8, 4) is 11.4 Å². The molecule has 0 unspecified atom stereocenters. The highest BCUT2D eigenvalue weighted by Crippen LogP contribution is 2.47. The molecule has 0 spiro atoms. The van der Waals surface area contributed by atoms with Gasteiger partial charge in [0.25, 0.3) is 0 Å². The van der Waals surface area contributed by atoms with Crippen molar-refractivity contribution in [3.05, 3.63) is 146 Å². The van der Waals surface area contributed by atoms with Crippen LogP contribution in [0, 0.1) is 0 Å². The minimum absolute atomic E-state index is 0.905. The average Bonchev–Trinajstić information content (AvgIpc) is 3.86. The molecule has 11 rings (SSSR count). The van der Waals surface area contributed by atoms with Crippen LogP contribution in [0.15, 0.2) is 150 Å². The van der Waals surface area contributed by atoms with E-state index in [2.05, 4.69) is 149 Å². The molecule has 214 valence electrons. The van der Waals surface area contributed by atoms with Crippen molar-refractivity contribution in [2.75, 3.05) is 0 Å². The summed E-state index contributed by atoms with van der Waals surface area (Å²) in [7, 11) is 0. The molecule has 0 amide bonds. The van der Waals surface area contributed by atoms with Crippen LogP contribution in [0.1, 0.15) is 0 Å². The first-order valence-electron chi connectivity index (χ1n) is 15.6. The smallest absolute Gasteiger partial charge is 0.137 e. The van der Waals surface area contributed by atoms with Gasteiger partial charge in [-0.25, -0.2) is 0 Å². The van der Waals surface area contributed by atoms with Gasteiger partial charge in [0.05, 0.1) is 42.5 Å². The van der Waals surface area contributed by atoms with Crippen molar-refractivity contribution < 1.29 is 4.42 Å². The summed E-state index contributed by atoms with van der Waals surface area (Å²) in [6.45, 7) is 0. The third kappa shape index (κ3) is 3.06. The number of hydrogen-bond donors (Lipinski definition) is 0. The molecule has 0 saturated carbocycles. The van der Waals surface area contributed by atoms with Crippen molar-refractivity contribution in [1.82, 2.24) is 9.13 Å². The number of hydrogen-bond acceptors (Lipinski definition) is 2. The van der Waals surface area contributed by atoms with Gasteiger partial charge in [0.2, 0.25) is 0 Å². The summed E-state index contributed by atoms with van der Waals surface area (Å²) in [5.74, 6) is 0. The number of nitrogens with zero attached hydrogens (tertiary/aromatic N) is 2. The van der Waals surface area contributed by atoms with E-state index in [0.717, 1.165) is 27.6 Å². The van der Waals surface area contributed by atoms with E-state index in [1.54, 1.807) is 0 Å². The largest absolute Gasteiger partial charge is 0.456 e. The summed E-state index contributed by atoms with van der Waals surface area (Å²) >= 11 is 1.91. The third-order valence-electron chi connectivity index (χ3n) is 9.71. The van der Waals surface area contributed by atoms with E-state index < -0.39 is 0 Å². The Bertz CT molecular complexity index is 3030. The first-order chi connectivity index (χ1) is 22.8. The van der Waals surface area contributed by atoms with E-state index in [1.165, 1.54) is 69.5 Å². The van der Waals surface area contributed by atoms with E-state index in [0.29, 0.717) is 0 Å². The number of fused-ring (bicyclic) bond motifs is 14. The van der Waals surface area contributed by atoms with Crippen molar-refractivity contribution in [3.63, 3.8) is 0 Å². The Morgan fingerprint density at radius 2 is 0.935 bits per heavy atom. The van der Waals surface area contributed by atoms with Gasteiger partial charge in [-0.15, -0.1) is 11.3 Å². The Balaban J connectivity index is 1.35. The summed E-state index contributed by atoms with van der Waals surface area (Å²) in [5.41, 5.74) is 9.07. The number of benzene rings is 7. The van der Waals surface area contributed by atoms with Crippen molar-refractivity contribution in [2.24, 2.45) is 0 Å². The molecule has 4 aromatic heterocycles. The SMILES string of the molecule is c1ccc(-n2c3ccccc3c3ccc4c5ccc6c7ccccc7n(-c7cccc8oc9ccccc9c78)c6c5sc4c32)cc1. The van der Waals surface area contributed by atoms with Gasteiger partial charge in [0.15, 0.2) is 0 Å². The highest BCUT2D eigenvalue weighted by molar-refractivity contribution is 7.27. The van der Waals surface area contributed by atoms with Crippen molar-refractivity contribution in [1.29, 1.82) is 0 Å². The second-order valence-corrected chi connectivity index (χ2v) is 13.1. The molecule has 0 aliphatic carbocycles. The lowest BCUT2D eigenvalue weighted by Gasteiger charge is -2.10. The molecule has 4 heteroatoms. The van der Waals surface area contributed by atoms with Crippen LogP contribution in [0.5, 0.6) is 0 Å². The maximum absolute atomic E-state index is 6.37. The normalized spacial score (nSPS) is 12.3. The van der Waals surface area contributed by atoms with E-state index in [4.69, 9.17) is 4.42 Å². The average molecular weight is 605 g/mol. The molecule has 0 N–H and O–H groups in total. The summed E-state index contributed by atoms with van der Waals surface area (Å²) < 4.78 is 13.9. The molecule has 4 heterocycles. The van der Waals surface area contributed by atoms with Crippen LogP contribution in [-0.2, 0) is 0 Å². The van der Waals surface area contributed by atoms with Gasteiger partial charge in [-0.2, -0.15) is 0 Å². The fraction of sp³-hybridized carbons (Fsp3) is 0. The Kier molecular flexibility index (Phi) is 4.72. The van der Waals surface area contributed by atoms with E-state index >= 15 is 0 Å². The Hall–Kier alpha value is -5.84. The van der Waals surface area contributed by atoms with Gasteiger partial charge in [0.1, 0.15) is 11.2 Å². The lowest BCUT2D eigenvalue weighted by molar-refractivity contribution is 0.669. The van der Waals surface area contributed by atoms with Gasteiger partial charge < -0.3 is 13.6 Å². The highest BCUT2D eigenvalue weighted by atomic mass is 32.1. The standard InChI is InChI=1S/C42H24N2OS/c1-2-11-25(12-3-1)43-33-16-7-4-13-26(33)28-21-23-30-31-24-22-29-27-14-5-8-17-34(27)44(40(29)42(31)46-41(30)39(28)43)35-18-10-20-37-38(35)32-15-6-9-19-36(32)45-37/h1-24H. The van der Waals surface area contributed by atoms with E-state index in [9.17, 15) is 0 Å². The van der Waals surface area contributed by atoms with Crippen LogP contribution in [0.3, 0.4) is 0 Å². The van der Waals surface area contributed by atoms with Gasteiger partial charge in [0, 0.05) is 43.4 Å². The molecule has 0 aliphatic rings. The zero-order valence-electron chi connectivity index (χ0n) is 24.6. The second-order valence-electron chi connectivity index (χ2n) is 12.1. The molecule has 46 heavy (non-hydrogen) atoms. The van der Waals surface area contributed by atoms with Crippen LogP contribution >= 0.6 is 11.3 Å². The third-order valence-corrected chi connectivity index (χ3v) is 10.9. The second kappa shape index (κ2) is 8.87. The fourth-order valence-corrected chi connectivity index (χ4v) is 9.20. The van der Waals surface area contributed by atoms with Crippen molar-refractivity contribution in [2.45, 2.75) is 0 Å². The minimum atomic E-state index is 0.905. The van der Waals surface area contributed by atoms with Crippen LogP contribution in [0.4, 0.5) is 0 Å². The summed E-state index contributed by atoms with van der Waals surface area (Å²) in [6.07, 6.45) is 0. The molecule has 3 nitrogen and oxygen atoms in total. The Morgan fingerprint density at radius 3 is 1.65 bits per heavy atom. The quantitative estimate of drug-likeness (QED) is 0.192. The number of rotatable bonds is 2. The zero-order valence-corrected chi connectivity index (χ0v) is 25.4. The lowest BCUT2D eigenvalue weighted by Crippen LogP contribution is -1.94. The molecule has 0 radical (unpaired) electrons. The predicted molar refractivity (Wildman–Crippen MR) is 195 cm³/mol. The van der Waals surface area contributed by atoms with Crippen LogP contribution in [0.25, 0.3) is 97.1 Å². The number of para-hydroxylation sites is 4. The molecular weight excluding hydrogens is 581 g/mol. The van der Waals surface area contributed by atoms with E-state index in [1.807, 2.05) is 17.4 Å². The predicted octanol–water partition coefficient (Wildman–Crippen LogP) is 12.1. The van der Waals surface area contributed by atoms with Crippen molar-refractivity contribution >= 4 is 97.1 Å². The van der Waals surface area contributed by atoms with Gasteiger partial charge in [-0.3, -0.25) is 0 Å². The summed E-state index contributed by atoms with van der Waals surface area (Å²) in [5, 5.41) is 9.93. The first-order valence-corrected chi connectivity index (χ1v) is 16.4. The molecular formula is C42H24N2OS. The maximum Gasteiger partial charge on any atom is 0.137 e. The molecule has 11 aromatic rings. The summed E-state index contributed by atoms with van der Waals surface area (Å²) in [6, 6.07) is 52.5. The number of aromatic nitrogens is 2. The van der Waals surface area contributed by atoms with Crippen LogP contribution in [-0.4, -0.2) is 9.13 Å². The number of furan rings is 1. The van der Waals surface area contributed by atoms with E-state index in [-0.39, 0.29) is 0 Å². The monoisotopic (exact) mass is 604 g/mol. The molecule has 0 bridgehead atoms. The van der Waals surface area contributed by atoms with Crippen LogP contribution in [0.2, 0.25) is 0 Å². The molecule has 0 saturated heterocycles.